The van der Waals surface area contributed by atoms with Crippen molar-refractivity contribution in [1.82, 2.24) is 0 Å². The summed E-state index contributed by atoms with van der Waals surface area (Å²) in [5, 5.41) is 0. The molecular formula is C33H43FO3. The van der Waals surface area contributed by atoms with Crippen molar-refractivity contribution < 1.29 is 18.6 Å². The van der Waals surface area contributed by atoms with Gasteiger partial charge in [-0.1, -0.05) is 95.0 Å². The molecule has 0 aliphatic rings. The highest BCUT2D eigenvalue weighted by Gasteiger charge is 2.37. The van der Waals surface area contributed by atoms with E-state index in [0.717, 1.165) is 47.5 Å². The van der Waals surface area contributed by atoms with Gasteiger partial charge in [-0.25, -0.2) is 4.39 Å². The average molecular weight is 507 g/mol. The van der Waals surface area contributed by atoms with Gasteiger partial charge in [0.15, 0.2) is 11.5 Å². The summed E-state index contributed by atoms with van der Waals surface area (Å²) in [5.41, 5.74) is 4.10. The van der Waals surface area contributed by atoms with Crippen molar-refractivity contribution in [2.45, 2.75) is 70.6 Å². The molecule has 0 aromatic heterocycles. The fourth-order valence-corrected chi connectivity index (χ4v) is 5.13. The molecule has 3 aromatic rings. The van der Waals surface area contributed by atoms with E-state index in [1.807, 2.05) is 24.3 Å². The molecular weight excluding hydrogens is 463 g/mol. The fraction of sp³-hybridized carbons (Fsp3) is 0.455. The number of unbranched alkanes of at least 4 members (excludes halogenated alkanes) is 4. The molecule has 0 fully saturated rings. The van der Waals surface area contributed by atoms with Crippen LogP contribution < -0.4 is 9.47 Å². The lowest BCUT2D eigenvalue weighted by molar-refractivity contribution is 0.163. The number of rotatable bonds is 15. The van der Waals surface area contributed by atoms with Crippen molar-refractivity contribution in [3.05, 3.63) is 83.7 Å². The predicted octanol–water partition coefficient (Wildman–Crippen LogP) is 8.95. The van der Waals surface area contributed by atoms with Crippen LogP contribution in [-0.4, -0.2) is 27.4 Å². The quantitative estimate of drug-likeness (QED) is 0.193. The lowest BCUT2D eigenvalue weighted by Crippen LogP contribution is -2.31. The van der Waals surface area contributed by atoms with Crippen molar-refractivity contribution >= 4 is 0 Å². The Bertz CT molecular complexity index is 1080. The van der Waals surface area contributed by atoms with Gasteiger partial charge in [-0.2, -0.15) is 0 Å². The molecule has 0 saturated heterocycles. The average Bonchev–Trinajstić information content (AvgIpc) is 2.93. The van der Waals surface area contributed by atoms with E-state index in [2.05, 4.69) is 51.1 Å². The van der Waals surface area contributed by atoms with Crippen LogP contribution in [-0.2, 0) is 10.2 Å². The van der Waals surface area contributed by atoms with E-state index in [1.165, 1.54) is 24.8 Å². The van der Waals surface area contributed by atoms with E-state index in [4.69, 9.17) is 14.2 Å². The Hall–Kier alpha value is -2.85. The standard InChI is InChI=1S/C33H43FO3/c1-6-7-8-9-13-23-37-32-30(36-5)21-20-29(31(32)27-14-11-10-12-15-27)33(3,22-24-35-4)25(2)26-16-18-28(34)19-17-26/h10-12,14-21,25H,6-9,13,22-24H2,1-5H3. The van der Waals surface area contributed by atoms with Crippen molar-refractivity contribution in [3.63, 3.8) is 0 Å². The summed E-state index contributed by atoms with van der Waals surface area (Å²) in [7, 11) is 3.44. The highest BCUT2D eigenvalue weighted by molar-refractivity contribution is 5.78. The first-order valence-corrected chi connectivity index (χ1v) is 13.6. The van der Waals surface area contributed by atoms with Gasteiger partial charge in [-0.15, -0.1) is 0 Å². The zero-order chi connectivity index (χ0) is 26.7. The second kappa shape index (κ2) is 14.2. The zero-order valence-electron chi connectivity index (χ0n) is 23.2. The molecule has 0 aliphatic heterocycles. The monoisotopic (exact) mass is 506 g/mol. The minimum Gasteiger partial charge on any atom is -0.493 e. The van der Waals surface area contributed by atoms with E-state index in [9.17, 15) is 4.39 Å². The predicted molar refractivity (Wildman–Crippen MR) is 151 cm³/mol. The second-order valence-electron chi connectivity index (χ2n) is 10.1. The van der Waals surface area contributed by atoms with Crippen LogP contribution in [0.2, 0.25) is 0 Å². The van der Waals surface area contributed by atoms with Crippen LogP contribution in [0, 0.1) is 5.82 Å². The first-order chi connectivity index (χ1) is 18.0. The largest absolute Gasteiger partial charge is 0.493 e. The Morgan fingerprint density at radius 2 is 1.54 bits per heavy atom. The van der Waals surface area contributed by atoms with Gasteiger partial charge in [-0.3, -0.25) is 0 Å². The minimum absolute atomic E-state index is 0.0981. The Balaban J connectivity index is 2.13. The third-order valence-corrected chi connectivity index (χ3v) is 7.66. The normalized spacial score (nSPS) is 13.7. The number of benzene rings is 3. The topological polar surface area (TPSA) is 27.7 Å². The maximum atomic E-state index is 13.8. The third-order valence-electron chi connectivity index (χ3n) is 7.66. The van der Waals surface area contributed by atoms with E-state index >= 15 is 0 Å². The maximum absolute atomic E-state index is 13.8. The number of methoxy groups -OCH3 is 2. The SMILES string of the molecule is CCCCCCCOc1c(OC)ccc(C(C)(CCOC)C(C)c2ccc(F)cc2)c1-c1ccccc1. The molecule has 200 valence electrons. The molecule has 3 aromatic carbocycles. The van der Waals surface area contributed by atoms with Crippen molar-refractivity contribution in [2.75, 3.05) is 27.4 Å². The zero-order valence-corrected chi connectivity index (χ0v) is 23.2. The molecule has 2 unspecified atom stereocenters. The smallest absolute Gasteiger partial charge is 0.169 e. The first-order valence-electron chi connectivity index (χ1n) is 13.6. The van der Waals surface area contributed by atoms with Gasteiger partial charge in [0.2, 0.25) is 0 Å². The fourth-order valence-electron chi connectivity index (χ4n) is 5.13. The molecule has 0 N–H and O–H groups in total. The molecule has 0 heterocycles. The molecule has 37 heavy (non-hydrogen) atoms. The Morgan fingerprint density at radius 3 is 2.19 bits per heavy atom. The van der Waals surface area contributed by atoms with Gasteiger partial charge in [0, 0.05) is 24.7 Å². The molecule has 0 saturated carbocycles. The van der Waals surface area contributed by atoms with E-state index in [-0.39, 0.29) is 17.2 Å². The highest BCUT2D eigenvalue weighted by Crippen LogP contribution is 2.50. The Morgan fingerprint density at radius 1 is 0.838 bits per heavy atom. The highest BCUT2D eigenvalue weighted by atomic mass is 19.1. The summed E-state index contributed by atoms with van der Waals surface area (Å²) in [6.07, 6.45) is 6.67. The van der Waals surface area contributed by atoms with Crippen LogP contribution in [0.3, 0.4) is 0 Å². The lowest BCUT2D eigenvalue weighted by Gasteiger charge is -2.39. The Kier molecular flexibility index (Phi) is 11.0. The van der Waals surface area contributed by atoms with Crippen LogP contribution in [0.15, 0.2) is 66.7 Å². The van der Waals surface area contributed by atoms with Crippen LogP contribution in [0.25, 0.3) is 11.1 Å². The summed E-state index contributed by atoms with van der Waals surface area (Å²) in [4.78, 5) is 0. The third kappa shape index (κ3) is 7.13. The second-order valence-corrected chi connectivity index (χ2v) is 10.1. The molecule has 2 atom stereocenters. The van der Waals surface area contributed by atoms with Gasteiger partial charge >= 0.3 is 0 Å². The summed E-state index contributed by atoms with van der Waals surface area (Å²) in [5.74, 6) is 1.40. The number of ether oxygens (including phenoxy) is 3. The molecule has 0 bridgehead atoms. The maximum Gasteiger partial charge on any atom is 0.169 e. The Labute approximate surface area is 223 Å². The molecule has 3 nitrogen and oxygen atoms in total. The van der Waals surface area contributed by atoms with E-state index in [0.29, 0.717) is 13.2 Å². The van der Waals surface area contributed by atoms with Crippen molar-refractivity contribution in [1.29, 1.82) is 0 Å². The van der Waals surface area contributed by atoms with Gasteiger partial charge in [0.25, 0.3) is 0 Å². The molecule has 0 radical (unpaired) electrons. The van der Waals surface area contributed by atoms with Gasteiger partial charge in [-0.05, 0) is 53.6 Å². The molecule has 3 rings (SSSR count). The molecule has 0 aliphatic carbocycles. The van der Waals surface area contributed by atoms with Gasteiger partial charge < -0.3 is 14.2 Å². The number of halogens is 1. The summed E-state index contributed by atoms with van der Waals surface area (Å²) >= 11 is 0. The van der Waals surface area contributed by atoms with Crippen LogP contribution >= 0.6 is 0 Å². The van der Waals surface area contributed by atoms with E-state index in [1.54, 1.807) is 26.4 Å². The molecule has 0 amide bonds. The van der Waals surface area contributed by atoms with Gasteiger partial charge in [0.05, 0.1) is 13.7 Å². The van der Waals surface area contributed by atoms with Crippen LogP contribution in [0.4, 0.5) is 4.39 Å². The minimum atomic E-state index is -0.315. The molecule has 4 heteroatoms. The summed E-state index contributed by atoms with van der Waals surface area (Å²) in [6.45, 7) is 7.98. The first kappa shape index (κ1) is 28.7. The molecule has 0 spiro atoms. The van der Waals surface area contributed by atoms with E-state index < -0.39 is 0 Å². The van der Waals surface area contributed by atoms with Gasteiger partial charge in [0.1, 0.15) is 5.82 Å². The number of hydrogen-bond acceptors (Lipinski definition) is 3. The summed E-state index contributed by atoms with van der Waals surface area (Å²) in [6, 6.07) is 21.5. The van der Waals surface area contributed by atoms with Crippen molar-refractivity contribution in [3.8, 4) is 22.6 Å². The number of hydrogen-bond donors (Lipinski definition) is 0. The van der Waals surface area contributed by atoms with Crippen LogP contribution in [0.1, 0.15) is 76.3 Å². The van der Waals surface area contributed by atoms with Crippen molar-refractivity contribution in [2.24, 2.45) is 0 Å². The lowest BCUT2D eigenvalue weighted by atomic mass is 9.66. The summed E-state index contributed by atoms with van der Waals surface area (Å²) < 4.78 is 31.7. The van der Waals surface area contributed by atoms with Crippen LogP contribution in [0.5, 0.6) is 11.5 Å².